The van der Waals surface area contributed by atoms with Crippen LogP contribution in [0.3, 0.4) is 0 Å². The topological polar surface area (TPSA) is 82.2 Å². The van der Waals surface area contributed by atoms with Gasteiger partial charge in [-0.15, -0.1) is 11.3 Å². The summed E-state index contributed by atoms with van der Waals surface area (Å²) in [4.78, 5) is 44.5. The van der Waals surface area contributed by atoms with E-state index in [1.807, 2.05) is 12.1 Å². The summed E-state index contributed by atoms with van der Waals surface area (Å²) >= 11 is 1.11. The van der Waals surface area contributed by atoms with Crippen molar-refractivity contribution in [2.75, 3.05) is 59.2 Å². The number of benzene rings is 2. The number of ether oxygens (including phenoxy) is 1. The normalized spacial score (nSPS) is 14.3. The Labute approximate surface area is 227 Å². The third-order valence-corrected chi connectivity index (χ3v) is 7.95. The lowest BCUT2D eigenvalue weighted by molar-refractivity contribution is -0.117. The van der Waals surface area contributed by atoms with Gasteiger partial charge in [-0.2, -0.15) is 0 Å². The Morgan fingerprint density at radius 1 is 0.947 bits per heavy atom. The van der Waals surface area contributed by atoms with Gasteiger partial charge in [0.2, 0.25) is 5.91 Å². The molecule has 0 saturated carbocycles. The number of methoxy groups -OCH3 is 1. The number of hydrogen-bond donors (Lipinski definition) is 1. The van der Waals surface area contributed by atoms with E-state index in [2.05, 4.69) is 63.6 Å². The number of hydrogen-bond acceptors (Lipinski definition) is 7. The molecule has 0 aliphatic carbocycles. The van der Waals surface area contributed by atoms with Gasteiger partial charge in [0.25, 0.3) is 5.91 Å². The van der Waals surface area contributed by atoms with E-state index >= 15 is 0 Å². The van der Waals surface area contributed by atoms with Gasteiger partial charge in [-0.1, -0.05) is 60.7 Å². The Morgan fingerprint density at radius 2 is 1.50 bits per heavy atom. The fraction of sp³-hybridized carbons (Fsp3) is 0.345. The minimum absolute atomic E-state index is 0.151. The van der Waals surface area contributed by atoms with Gasteiger partial charge >= 0.3 is 5.97 Å². The van der Waals surface area contributed by atoms with E-state index in [0.717, 1.165) is 37.5 Å². The number of piperazine rings is 1. The molecule has 0 bridgehead atoms. The second-order valence-corrected chi connectivity index (χ2v) is 10.6. The van der Waals surface area contributed by atoms with Crippen LogP contribution in [0.1, 0.15) is 42.8 Å². The zero-order valence-electron chi connectivity index (χ0n) is 22.3. The Hall–Kier alpha value is -3.53. The average molecular weight is 535 g/mol. The molecular weight excluding hydrogens is 500 g/mol. The highest BCUT2D eigenvalue weighted by atomic mass is 32.1. The number of amides is 2. The van der Waals surface area contributed by atoms with Gasteiger partial charge in [0.15, 0.2) is 0 Å². The van der Waals surface area contributed by atoms with E-state index in [1.54, 1.807) is 21.0 Å². The van der Waals surface area contributed by atoms with Gasteiger partial charge in [-0.3, -0.25) is 19.4 Å². The second-order valence-electron chi connectivity index (χ2n) is 9.54. The maximum atomic E-state index is 13.0. The lowest BCUT2D eigenvalue weighted by Gasteiger charge is -2.39. The van der Waals surface area contributed by atoms with Gasteiger partial charge in [0.1, 0.15) is 5.00 Å². The molecule has 3 aromatic rings. The highest BCUT2D eigenvalue weighted by molar-refractivity contribution is 7.18. The number of anilines is 1. The smallest absolute Gasteiger partial charge is 0.341 e. The van der Waals surface area contributed by atoms with E-state index < -0.39 is 5.97 Å². The number of rotatable bonds is 8. The Bertz CT molecular complexity index is 1230. The summed E-state index contributed by atoms with van der Waals surface area (Å²) in [5.74, 6) is -1.02. The third kappa shape index (κ3) is 6.12. The summed E-state index contributed by atoms with van der Waals surface area (Å²) in [7, 11) is 4.59. The molecule has 1 fully saturated rings. The molecule has 9 heteroatoms. The summed E-state index contributed by atoms with van der Waals surface area (Å²) in [5, 5.41) is 3.21. The number of nitrogens with one attached hydrogen (secondary N) is 1. The Morgan fingerprint density at radius 3 is 2.00 bits per heavy atom. The molecule has 38 heavy (non-hydrogen) atoms. The van der Waals surface area contributed by atoms with E-state index in [0.29, 0.717) is 15.4 Å². The first-order valence-corrected chi connectivity index (χ1v) is 13.4. The summed E-state index contributed by atoms with van der Waals surface area (Å²) in [6.07, 6.45) is 0. The molecule has 0 atom stereocenters. The Kier molecular flexibility index (Phi) is 8.93. The van der Waals surface area contributed by atoms with Crippen molar-refractivity contribution in [3.8, 4) is 0 Å². The van der Waals surface area contributed by atoms with Crippen molar-refractivity contribution in [3.63, 3.8) is 0 Å². The van der Waals surface area contributed by atoms with Gasteiger partial charge < -0.3 is 15.0 Å². The zero-order chi connectivity index (χ0) is 27.2. The van der Waals surface area contributed by atoms with Crippen molar-refractivity contribution in [1.82, 2.24) is 14.7 Å². The highest BCUT2D eigenvalue weighted by Gasteiger charge is 2.29. The van der Waals surface area contributed by atoms with Crippen LogP contribution in [-0.4, -0.2) is 86.4 Å². The molecule has 1 aliphatic heterocycles. The monoisotopic (exact) mass is 534 g/mol. The predicted octanol–water partition coefficient (Wildman–Crippen LogP) is 3.89. The maximum Gasteiger partial charge on any atom is 0.341 e. The summed E-state index contributed by atoms with van der Waals surface area (Å²) < 4.78 is 4.93. The number of carbonyl (C=O) groups is 3. The summed E-state index contributed by atoms with van der Waals surface area (Å²) in [5.41, 5.74) is 3.24. The molecular formula is C29H34N4O4S. The van der Waals surface area contributed by atoms with Crippen molar-refractivity contribution in [2.45, 2.75) is 13.0 Å². The molecule has 0 radical (unpaired) electrons. The zero-order valence-corrected chi connectivity index (χ0v) is 23.1. The van der Waals surface area contributed by atoms with E-state index in [9.17, 15) is 14.4 Å². The fourth-order valence-electron chi connectivity index (χ4n) is 4.79. The highest BCUT2D eigenvalue weighted by Crippen LogP contribution is 2.34. The number of thiophene rings is 1. The quantitative estimate of drug-likeness (QED) is 0.442. The van der Waals surface area contributed by atoms with Crippen molar-refractivity contribution in [2.24, 2.45) is 0 Å². The lowest BCUT2D eigenvalue weighted by Crippen LogP contribution is -2.49. The van der Waals surface area contributed by atoms with Crippen LogP contribution in [0.4, 0.5) is 5.00 Å². The Balaban J connectivity index is 1.43. The predicted molar refractivity (Wildman–Crippen MR) is 150 cm³/mol. The first-order valence-electron chi connectivity index (χ1n) is 12.6. The van der Waals surface area contributed by atoms with Crippen molar-refractivity contribution in [1.29, 1.82) is 0 Å². The molecule has 2 aromatic carbocycles. The maximum absolute atomic E-state index is 13.0. The van der Waals surface area contributed by atoms with E-state index in [4.69, 9.17) is 4.74 Å². The number of nitrogens with zero attached hydrogens (tertiary/aromatic N) is 3. The van der Waals surface area contributed by atoms with Gasteiger partial charge in [0.05, 0.1) is 30.1 Å². The molecule has 1 saturated heterocycles. The first-order chi connectivity index (χ1) is 18.3. The van der Waals surface area contributed by atoms with Crippen molar-refractivity contribution >= 4 is 34.1 Å². The SMILES string of the molecule is COC(=O)c1c(NC(=O)CN2CCN(C(c3ccccc3)c3ccccc3)CC2)sc(C(=O)N(C)C)c1C. The molecule has 0 unspecified atom stereocenters. The minimum Gasteiger partial charge on any atom is -0.465 e. The van der Waals surface area contributed by atoms with E-state index in [1.165, 1.54) is 23.1 Å². The van der Waals surface area contributed by atoms with Crippen LogP contribution in [0.5, 0.6) is 0 Å². The molecule has 8 nitrogen and oxygen atoms in total. The molecule has 1 aromatic heterocycles. The van der Waals surface area contributed by atoms with Crippen LogP contribution in [0.2, 0.25) is 0 Å². The van der Waals surface area contributed by atoms with Crippen LogP contribution >= 0.6 is 11.3 Å². The average Bonchev–Trinajstić information content (AvgIpc) is 3.25. The first kappa shape index (κ1) is 27.5. The molecule has 2 heterocycles. The molecule has 0 spiro atoms. The van der Waals surface area contributed by atoms with Crippen LogP contribution in [0.25, 0.3) is 0 Å². The minimum atomic E-state index is -0.576. The lowest BCUT2D eigenvalue weighted by atomic mass is 9.96. The van der Waals surface area contributed by atoms with Gasteiger partial charge in [-0.05, 0) is 23.6 Å². The third-order valence-electron chi connectivity index (χ3n) is 6.76. The van der Waals surface area contributed by atoms with Gasteiger partial charge in [0, 0.05) is 40.3 Å². The van der Waals surface area contributed by atoms with Gasteiger partial charge in [-0.25, -0.2) is 4.79 Å². The van der Waals surface area contributed by atoms with E-state index in [-0.39, 0.29) is 30.0 Å². The van der Waals surface area contributed by atoms with Crippen molar-refractivity contribution in [3.05, 3.63) is 87.8 Å². The van der Waals surface area contributed by atoms with Crippen molar-refractivity contribution < 1.29 is 19.1 Å². The summed E-state index contributed by atoms with van der Waals surface area (Å²) in [6.45, 7) is 5.00. The van der Waals surface area contributed by atoms with Crippen LogP contribution in [0, 0.1) is 6.92 Å². The molecule has 1 N–H and O–H groups in total. The standard InChI is InChI=1S/C29H34N4O4S/c1-20-24(29(36)37-4)27(38-26(20)28(35)31(2)3)30-23(34)19-32-15-17-33(18-16-32)25(21-11-7-5-8-12-21)22-13-9-6-10-14-22/h5-14,25H,15-19H2,1-4H3,(H,30,34). The van der Waals surface area contributed by atoms with Crippen LogP contribution in [0.15, 0.2) is 60.7 Å². The fourth-order valence-corrected chi connectivity index (χ4v) is 6.02. The molecule has 4 rings (SSSR count). The largest absolute Gasteiger partial charge is 0.465 e. The van der Waals surface area contributed by atoms with Crippen LogP contribution in [-0.2, 0) is 9.53 Å². The summed E-state index contributed by atoms with van der Waals surface area (Å²) in [6, 6.07) is 21.1. The molecule has 200 valence electrons. The molecule has 1 aliphatic rings. The molecule has 2 amide bonds. The second kappa shape index (κ2) is 12.3. The number of esters is 1. The van der Waals surface area contributed by atoms with Crippen LogP contribution < -0.4 is 5.32 Å². The number of carbonyl (C=O) groups excluding carboxylic acids is 3.